The van der Waals surface area contributed by atoms with E-state index >= 15 is 0 Å². The zero-order valence-corrected chi connectivity index (χ0v) is 26.5. The predicted octanol–water partition coefficient (Wildman–Crippen LogP) is 8.76. The third kappa shape index (κ3) is 6.05. The molecule has 0 saturated carbocycles. The Balaban J connectivity index is 0.000000212. The fourth-order valence-electron chi connectivity index (χ4n) is 6.39. The molecule has 1 radical (unpaired) electrons. The molecule has 1 aromatic rings. The summed E-state index contributed by atoms with van der Waals surface area (Å²) in [7, 11) is 0. The predicted molar refractivity (Wildman–Crippen MR) is 158 cm³/mol. The van der Waals surface area contributed by atoms with E-state index < -0.39 is 13.1 Å². The van der Waals surface area contributed by atoms with Crippen LogP contribution in [-0.4, -0.2) is 24.5 Å². The third-order valence-corrected chi connectivity index (χ3v) is 9.99. The summed E-state index contributed by atoms with van der Waals surface area (Å²) < 4.78 is 29.3. The molecule has 0 N–H and O–H groups in total. The van der Waals surface area contributed by atoms with Crippen LogP contribution in [0.5, 0.6) is 0 Å². The summed E-state index contributed by atoms with van der Waals surface area (Å²) in [6.07, 6.45) is 19.1. The summed E-state index contributed by atoms with van der Waals surface area (Å²) >= 11 is 1.87. The van der Waals surface area contributed by atoms with Gasteiger partial charge in [0.1, 0.15) is 0 Å². The van der Waals surface area contributed by atoms with Gasteiger partial charge in [0, 0.05) is 40.7 Å². The molecule has 4 nitrogen and oxygen atoms in total. The molecular formula is C33H41IrN3OS-4. The van der Waals surface area contributed by atoms with Gasteiger partial charge < -0.3 is 21.1 Å². The Morgan fingerprint density at radius 2 is 2.13 bits per heavy atom. The van der Waals surface area contributed by atoms with Gasteiger partial charge >= 0.3 is 0 Å². The first-order valence-electron chi connectivity index (χ1n) is 15.9. The van der Waals surface area contributed by atoms with Crippen LogP contribution in [0.4, 0.5) is 0 Å². The first-order chi connectivity index (χ1) is 19.7. The maximum atomic E-state index is 7.67. The van der Waals surface area contributed by atoms with Crippen LogP contribution in [0.2, 0.25) is 0 Å². The van der Waals surface area contributed by atoms with Crippen molar-refractivity contribution in [1.29, 1.82) is 0 Å². The topological polar surface area (TPSA) is 49.8 Å². The average Bonchev–Trinajstić information content (AvgIpc) is 3.49. The van der Waals surface area contributed by atoms with Crippen molar-refractivity contribution < 1.29 is 29.0 Å². The fraction of sp³-hybridized carbons (Fsp3) is 0.576. The van der Waals surface area contributed by atoms with Crippen LogP contribution < -0.4 is 0 Å². The van der Waals surface area contributed by atoms with Crippen molar-refractivity contribution >= 4 is 17.0 Å². The number of fused-ring (bicyclic) bond motifs is 4. The Hall–Kier alpha value is -1.59. The number of hydrogen-bond donors (Lipinski definition) is 0. The molecule has 4 atom stereocenters. The van der Waals surface area contributed by atoms with E-state index in [1.165, 1.54) is 69.0 Å². The van der Waals surface area contributed by atoms with E-state index in [1.807, 2.05) is 11.3 Å². The third-order valence-electron chi connectivity index (χ3n) is 8.75. The molecule has 7 rings (SSSR count). The molecule has 5 heterocycles. The van der Waals surface area contributed by atoms with Crippen molar-refractivity contribution in [3.63, 3.8) is 0 Å². The van der Waals surface area contributed by atoms with Gasteiger partial charge in [0.05, 0.1) is 0 Å². The van der Waals surface area contributed by atoms with Crippen molar-refractivity contribution in [2.24, 2.45) is 16.8 Å². The van der Waals surface area contributed by atoms with Crippen LogP contribution >= 0.6 is 11.3 Å². The molecular weight excluding hydrogens is 679 g/mol. The van der Waals surface area contributed by atoms with Crippen LogP contribution in [0.3, 0.4) is 0 Å². The second-order valence-corrected chi connectivity index (χ2v) is 12.8. The number of aryl methyl sites for hydroxylation is 1. The van der Waals surface area contributed by atoms with Gasteiger partial charge in [0.25, 0.3) is 0 Å². The number of thiophene rings is 1. The number of ether oxygens (including phenoxy) is 1. The standard InChI is InChI=1S/C21H24N2OS.C12H17N.Ir/c1-11-7-8-15-14-5-4-6-16(20(14)24-21(15)23-11)18-9-17-12(2)13(3)25-19(17)10-22-18;1-10-7-8-12(13-9-10)11-5-3-2-4-6-11;/h5-6,15,18,21H,4,7-10H2,1-3H3;8,10H,2-5,7,9H2,1H3;/q2*-2;/t15?,18-,21?;10-;/m10./s1/i1D3;;. The minimum atomic E-state index is -2.12. The normalized spacial score (nSPS) is 30.7. The Morgan fingerprint density at radius 1 is 1.23 bits per heavy atom. The molecule has 0 bridgehead atoms. The smallest absolute Gasteiger partial charge is 0.175 e. The largest absolute Gasteiger partial charge is 0.769 e. The van der Waals surface area contributed by atoms with Gasteiger partial charge in [0.2, 0.25) is 0 Å². The molecule has 4 aliphatic heterocycles. The SMILES string of the molecule is C[C@H]1CC=C(C2=[C-]CCCC2)[N-]C1.[2H]C([2H])([2H])C1=NC2OC3=C([C@H]4Cc5c(sc(C)c5C)C[N-]4)[CH-]CC=C3C2CC1.[Ir]. The van der Waals surface area contributed by atoms with E-state index in [4.69, 9.17) is 14.2 Å². The molecule has 6 heteroatoms. The van der Waals surface area contributed by atoms with E-state index in [2.05, 4.69) is 55.7 Å². The van der Waals surface area contributed by atoms with Gasteiger partial charge in [-0.15, -0.1) is 43.0 Å². The van der Waals surface area contributed by atoms with E-state index in [1.54, 1.807) is 0 Å². The van der Waals surface area contributed by atoms with Crippen molar-refractivity contribution in [2.75, 3.05) is 6.54 Å². The Labute approximate surface area is 257 Å². The molecule has 2 aliphatic carbocycles. The molecule has 6 aliphatic rings. The maximum absolute atomic E-state index is 7.67. The number of rotatable bonds is 2. The number of nitrogens with zero attached hydrogens (tertiary/aromatic N) is 3. The second kappa shape index (κ2) is 12.5. The van der Waals surface area contributed by atoms with Gasteiger partial charge in [-0.05, 0) is 61.7 Å². The van der Waals surface area contributed by atoms with Gasteiger partial charge in [-0.1, -0.05) is 50.5 Å². The quantitative estimate of drug-likeness (QED) is 0.282. The summed E-state index contributed by atoms with van der Waals surface area (Å²) in [6.45, 7) is 6.33. The number of allylic oxidation sites excluding steroid dienone is 5. The Morgan fingerprint density at radius 3 is 2.90 bits per heavy atom. The molecule has 0 amide bonds. The second-order valence-electron chi connectivity index (χ2n) is 11.5. The molecule has 0 aromatic carbocycles. The van der Waals surface area contributed by atoms with Gasteiger partial charge in [-0.25, -0.2) is 12.0 Å². The van der Waals surface area contributed by atoms with Crippen molar-refractivity contribution in [1.82, 2.24) is 0 Å². The minimum absolute atomic E-state index is 0. The summed E-state index contributed by atoms with van der Waals surface area (Å²) in [5.74, 6) is 1.83. The van der Waals surface area contributed by atoms with E-state index in [-0.39, 0.29) is 32.1 Å². The Bertz CT molecular complexity index is 1340. The van der Waals surface area contributed by atoms with Crippen molar-refractivity contribution in [3.05, 3.63) is 84.3 Å². The van der Waals surface area contributed by atoms with Crippen LogP contribution in [-0.2, 0) is 37.8 Å². The first-order valence-corrected chi connectivity index (χ1v) is 15.2. The molecule has 39 heavy (non-hydrogen) atoms. The average molecular weight is 723 g/mol. The van der Waals surface area contributed by atoms with Gasteiger partial charge in [0.15, 0.2) is 6.23 Å². The zero-order chi connectivity index (χ0) is 28.7. The molecule has 1 fully saturated rings. The van der Waals surface area contributed by atoms with Crippen LogP contribution in [0.25, 0.3) is 10.6 Å². The molecule has 0 spiro atoms. The maximum Gasteiger partial charge on any atom is 0.175 e. The summed E-state index contributed by atoms with van der Waals surface area (Å²) in [5.41, 5.74) is 8.19. The molecule has 2 unspecified atom stereocenters. The van der Waals surface area contributed by atoms with E-state index in [9.17, 15) is 0 Å². The van der Waals surface area contributed by atoms with E-state index in [0.29, 0.717) is 12.1 Å². The van der Waals surface area contributed by atoms with Crippen molar-refractivity contribution in [3.8, 4) is 0 Å². The van der Waals surface area contributed by atoms with Crippen LogP contribution in [0.1, 0.15) is 90.1 Å². The van der Waals surface area contributed by atoms with Crippen LogP contribution in [0, 0.1) is 38.2 Å². The van der Waals surface area contributed by atoms with Gasteiger partial charge in [-0.3, -0.25) is 11.1 Å². The Kier molecular flexibility index (Phi) is 8.07. The van der Waals surface area contributed by atoms with Crippen molar-refractivity contribution in [2.45, 2.75) is 104 Å². The fourth-order valence-corrected chi connectivity index (χ4v) is 7.53. The summed E-state index contributed by atoms with van der Waals surface area (Å²) in [5, 5.41) is 9.56. The summed E-state index contributed by atoms with van der Waals surface area (Å²) in [6, 6.07) is 0.116. The molecule has 1 saturated heterocycles. The first kappa shape index (κ1) is 25.1. The molecule has 213 valence electrons. The number of hydrogen-bond acceptors (Lipinski definition) is 3. The van der Waals surface area contributed by atoms with Gasteiger partial charge in [-0.2, -0.15) is 11.6 Å². The monoisotopic (exact) mass is 723 g/mol. The molecule has 1 aromatic heterocycles. The minimum Gasteiger partial charge on any atom is -0.769 e. The zero-order valence-electron chi connectivity index (χ0n) is 26.3. The number of aliphatic imine (C=N–C) groups is 1. The van der Waals surface area contributed by atoms with Crippen LogP contribution in [0.15, 0.2) is 45.3 Å². The van der Waals surface area contributed by atoms with E-state index in [0.717, 1.165) is 50.4 Å². The summed E-state index contributed by atoms with van der Waals surface area (Å²) in [4.78, 5) is 7.28.